The van der Waals surface area contributed by atoms with Crippen molar-refractivity contribution in [2.24, 2.45) is 0 Å². The Hall–Kier alpha value is -3.22. The Labute approximate surface area is 192 Å². The van der Waals surface area contributed by atoms with Gasteiger partial charge in [0.1, 0.15) is 0 Å². The zero-order valence-corrected chi connectivity index (χ0v) is 18.6. The van der Waals surface area contributed by atoms with Crippen molar-refractivity contribution in [1.82, 2.24) is 15.1 Å². The Bertz CT molecular complexity index is 1140. The predicted octanol–water partition coefficient (Wildman–Crippen LogP) is 4.94. The van der Waals surface area contributed by atoms with Crippen LogP contribution in [-0.2, 0) is 6.42 Å². The van der Waals surface area contributed by atoms with Gasteiger partial charge < -0.3 is 5.32 Å². The molecule has 1 aliphatic heterocycles. The molecule has 32 heavy (non-hydrogen) atoms. The Morgan fingerprint density at radius 1 is 1.03 bits per heavy atom. The lowest BCUT2D eigenvalue weighted by atomic mass is 9.93. The standard InChI is InChI=1S/C26H26N4OS/c31-26(24-12-7-17-32-24)30(25-14-16-29(28-25)22-10-5-2-6-11-22)23-13-15-27-21(19-23)18-20-8-3-1-4-9-20/h1-12,14,16-17,21,23,27H,13,15,18-19H2. The molecule has 2 unspecified atom stereocenters. The first-order valence-electron chi connectivity index (χ1n) is 11.0. The first-order chi connectivity index (χ1) is 15.8. The van der Waals surface area contributed by atoms with Gasteiger partial charge in [-0.2, -0.15) is 0 Å². The van der Waals surface area contributed by atoms with E-state index in [4.69, 9.17) is 5.10 Å². The molecule has 0 radical (unpaired) electrons. The minimum Gasteiger partial charge on any atom is -0.313 e. The van der Waals surface area contributed by atoms with Crippen molar-refractivity contribution in [3.05, 3.63) is 101 Å². The predicted molar refractivity (Wildman–Crippen MR) is 130 cm³/mol. The highest BCUT2D eigenvalue weighted by Crippen LogP contribution is 2.27. The van der Waals surface area contributed by atoms with Crippen molar-refractivity contribution in [3.8, 4) is 5.69 Å². The van der Waals surface area contributed by atoms with Gasteiger partial charge in [-0.15, -0.1) is 16.4 Å². The number of amides is 1. The molecule has 3 heterocycles. The molecule has 0 bridgehead atoms. The van der Waals surface area contributed by atoms with Crippen LogP contribution in [0.15, 0.2) is 90.4 Å². The number of hydrogen-bond donors (Lipinski definition) is 1. The van der Waals surface area contributed by atoms with Crippen LogP contribution < -0.4 is 10.2 Å². The zero-order chi connectivity index (χ0) is 21.8. The molecule has 5 rings (SSSR count). The van der Waals surface area contributed by atoms with Crippen LogP contribution in [0.2, 0.25) is 0 Å². The maximum atomic E-state index is 13.6. The van der Waals surface area contributed by atoms with Gasteiger partial charge in [-0.1, -0.05) is 54.6 Å². The highest BCUT2D eigenvalue weighted by molar-refractivity contribution is 7.12. The van der Waals surface area contributed by atoms with E-state index in [9.17, 15) is 4.79 Å². The normalized spacial score (nSPS) is 18.4. The third-order valence-corrected chi connectivity index (χ3v) is 6.81. The van der Waals surface area contributed by atoms with Gasteiger partial charge in [-0.3, -0.25) is 9.69 Å². The fraction of sp³-hybridized carbons (Fsp3) is 0.231. The van der Waals surface area contributed by atoms with E-state index in [1.54, 1.807) is 0 Å². The molecule has 2 aromatic heterocycles. The monoisotopic (exact) mass is 442 g/mol. The maximum absolute atomic E-state index is 13.6. The second-order valence-corrected chi connectivity index (χ2v) is 9.07. The van der Waals surface area contributed by atoms with Crippen molar-refractivity contribution in [1.29, 1.82) is 0 Å². The summed E-state index contributed by atoms with van der Waals surface area (Å²) in [7, 11) is 0. The molecule has 1 N–H and O–H groups in total. The number of carbonyl (C=O) groups is 1. The maximum Gasteiger partial charge on any atom is 0.269 e. The summed E-state index contributed by atoms with van der Waals surface area (Å²) in [6.45, 7) is 0.885. The number of piperidine rings is 1. The molecule has 162 valence electrons. The molecule has 4 aromatic rings. The number of rotatable bonds is 6. The number of para-hydroxylation sites is 1. The summed E-state index contributed by atoms with van der Waals surface area (Å²) in [4.78, 5) is 16.3. The number of anilines is 1. The molecule has 5 nitrogen and oxygen atoms in total. The van der Waals surface area contributed by atoms with Crippen LogP contribution in [0, 0.1) is 0 Å². The summed E-state index contributed by atoms with van der Waals surface area (Å²) in [6.07, 6.45) is 4.68. The Morgan fingerprint density at radius 2 is 1.81 bits per heavy atom. The number of carbonyl (C=O) groups excluding carboxylic acids is 1. The minimum absolute atomic E-state index is 0.0312. The van der Waals surface area contributed by atoms with Gasteiger partial charge in [0.05, 0.1) is 10.6 Å². The summed E-state index contributed by atoms with van der Waals surface area (Å²) >= 11 is 1.48. The third-order valence-electron chi connectivity index (χ3n) is 5.95. The number of benzene rings is 2. The zero-order valence-electron chi connectivity index (χ0n) is 17.8. The summed E-state index contributed by atoms with van der Waals surface area (Å²) < 4.78 is 1.84. The van der Waals surface area contributed by atoms with Gasteiger partial charge in [0.25, 0.3) is 5.91 Å². The average molecular weight is 443 g/mol. The fourth-order valence-corrected chi connectivity index (χ4v) is 5.08. The largest absolute Gasteiger partial charge is 0.313 e. The Kier molecular flexibility index (Phi) is 6.14. The van der Waals surface area contributed by atoms with Gasteiger partial charge >= 0.3 is 0 Å². The second kappa shape index (κ2) is 9.51. The molecular formula is C26H26N4OS. The number of nitrogens with one attached hydrogen (secondary N) is 1. The summed E-state index contributed by atoms with van der Waals surface area (Å²) in [6, 6.07) is 26.8. The van der Waals surface area contributed by atoms with Crippen molar-refractivity contribution in [2.45, 2.75) is 31.3 Å². The van der Waals surface area contributed by atoms with Crippen LogP contribution in [-0.4, -0.2) is 34.3 Å². The van der Waals surface area contributed by atoms with Gasteiger partial charge in [0, 0.05) is 24.3 Å². The van der Waals surface area contributed by atoms with Crippen LogP contribution in [0.25, 0.3) is 5.69 Å². The lowest BCUT2D eigenvalue weighted by Gasteiger charge is -2.37. The number of aromatic nitrogens is 2. The molecule has 1 amide bonds. The topological polar surface area (TPSA) is 50.2 Å². The highest BCUT2D eigenvalue weighted by atomic mass is 32.1. The van der Waals surface area contributed by atoms with Crippen LogP contribution in [0.4, 0.5) is 5.82 Å². The molecule has 0 saturated carbocycles. The van der Waals surface area contributed by atoms with E-state index >= 15 is 0 Å². The van der Waals surface area contributed by atoms with Crippen LogP contribution in [0.5, 0.6) is 0 Å². The molecule has 1 saturated heterocycles. The summed E-state index contributed by atoms with van der Waals surface area (Å²) in [5.41, 5.74) is 2.30. The van der Waals surface area contributed by atoms with Gasteiger partial charge in [0.2, 0.25) is 0 Å². The average Bonchev–Trinajstić information content (AvgIpc) is 3.54. The number of thiophene rings is 1. The van der Waals surface area contributed by atoms with Crippen LogP contribution in [0.3, 0.4) is 0 Å². The molecule has 0 spiro atoms. The van der Waals surface area contributed by atoms with Crippen molar-refractivity contribution < 1.29 is 4.79 Å². The molecule has 1 fully saturated rings. The molecular weight excluding hydrogens is 416 g/mol. The fourth-order valence-electron chi connectivity index (χ4n) is 4.42. The minimum atomic E-state index is 0.0312. The Morgan fingerprint density at radius 3 is 2.56 bits per heavy atom. The van der Waals surface area contributed by atoms with E-state index in [0.29, 0.717) is 11.9 Å². The molecule has 2 atom stereocenters. The summed E-state index contributed by atoms with van der Waals surface area (Å²) in [5, 5.41) is 10.4. The summed E-state index contributed by atoms with van der Waals surface area (Å²) in [5.74, 6) is 0.737. The first kappa shape index (κ1) is 20.7. The second-order valence-electron chi connectivity index (χ2n) is 8.13. The SMILES string of the molecule is O=C(c1cccs1)N(c1ccn(-c2ccccc2)n1)C1CCNC(Cc2ccccc2)C1. The molecule has 0 aliphatic carbocycles. The lowest BCUT2D eigenvalue weighted by molar-refractivity contribution is 0.0971. The van der Waals surface area contributed by atoms with Crippen LogP contribution >= 0.6 is 11.3 Å². The quantitative estimate of drug-likeness (QED) is 0.460. The third kappa shape index (κ3) is 4.52. The molecule has 2 aromatic carbocycles. The van der Waals surface area contributed by atoms with E-state index in [1.165, 1.54) is 16.9 Å². The smallest absolute Gasteiger partial charge is 0.269 e. The van der Waals surface area contributed by atoms with E-state index in [0.717, 1.165) is 36.4 Å². The highest BCUT2D eigenvalue weighted by Gasteiger charge is 2.33. The van der Waals surface area contributed by atoms with E-state index in [-0.39, 0.29) is 11.9 Å². The van der Waals surface area contributed by atoms with Gasteiger partial charge in [-0.25, -0.2) is 4.68 Å². The van der Waals surface area contributed by atoms with E-state index < -0.39 is 0 Å². The van der Waals surface area contributed by atoms with Crippen LogP contribution in [0.1, 0.15) is 28.1 Å². The van der Waals surface area contributed by atoms with Crippen molar-refractivity contribution in [2.75, 3.05) is 11.4 Å². The van der Waals surface area contributed by atoms with E-state index in [2.05, 4.69) is 29.6 Å². The van der Waals surface area contributed by atoms with Crippen molar-refractivity contribution in [3.63, 3.8) is 0 Å². The number of nitrogens with zero attached hydrogens (tertiary/aromatic N) is 3. The van der Waals surface area contributed by atoms with Gasteiger partial charge in [-0.05, 0) is 54.9 Å². The molecule has 1 aliphatic rings. The van der Waals surface area contributed by atoms with Gasteiger partial charge in [0.15, 0.2) is 5.82 Å². The van der Waals surface area contributed by atoms with Crippen molar-refractivity contribution >= 4 is 23.1 Å². The number of hydrogen-bond acceptors (Lipinski definition) is 4. The lowest BCUT2D eigenvalue weighted by Crippen LogP contribution is -2.51. The first-order valence-corrected chi connectivity index (χ1v) is 11.9. The Balaban J connectivity index is 1.42. The molecule has 6 heteroatoms. The van der Waals surface area contributed by atoms with E-state index in [1.807, 2.05) is 75.8 Å².